The van der Waals surface area contributed by atoms with E-state index in [1.165, 1.54) is 23.3 Å². The first-order chi connectivity index (χ1) is 18.8. The summed E-state index contributed by atoms with van der Waals surface area (Å²) >= 11 is 0. The Morgan fingerprint density at radius 2 is 1.51 bits per heavy atom. The molecule has 8 heteroatoms. The minimum atomic E-state index is -4.32. The standard InChI is InChI=1S/C31H31F3N4O/c32-31(33,34)28-9-5-24(6-10-28)19-37-15-12-29(13-16-37)36-30(39)26-8-7-25-11-14-38(21-27(25)17-26)20-23-3-1-22(18-35)2-4-23/h1-10,17,29H,11-16,19-21H2,(H,36,39). The summed E-state index contributed by atoms with van der Waals surface area (Å²) < 4.78 is 38.4. The second-order valence-corrected chi connectivity index (χ2v) is 10.5. The number of amides is 1. The number of hydrogen-bond acceptors (Lipinski definition) is 4. The minimum Gasteiger partial charge on any atom is -0.349 e. The van der Waals surface area contributed by atoms with Crippen LogP contribution < -0.4 is 5.32 Å². The van der Waals surface area contributed by atoms with E-state index >= 15 is 0 Å². The molecule has 0 aliphatic carbocycles. The van der Waals surface area contributed by atoms with Crippen LogP contribution in [0, 0.1) is 11.3 Å². The number of rotatable bonds is 6. The molecule has 0 spiro atoms. The van der Waals surface area contributed by atoms with E-state index in [-0.39, 0.29) is 11.9 Å². The zero-order chi connectivity index (χ0) is 27.4. The number of carbonyl (C=O) groups is 1. The molecule has 3 aromatic rings. The Labute approximate surface area is 226 Å². The van der Waals surface area contributed by atoms with Gasteiger partial charge in [-0.25, -0.2) is 0 Å². The molecule has 1 saturated heterocycles. The van der Waals surface area contributed by atoms with Gasteiger partial charge in [0.2, 0.25) is 0 Å². The number of alkyl halides is 3. The molecule has 2 aliphatic rings. The van der Waals surface area contributed by atoms with Crippen LogP contribution in [0.1, 0.15) is 56.6 Å². The van der Waals surface area contributed by atoms with Crippen molar-refractivity contribution in [3.63, 3.8) is 0 Å². The van der Waals surface area contributed by atoms with Crippen molar-refractivity contribution in [2.75, 3.05) is 19.6 Å². The third-order valence-electron chi connectivity index (χ3n) is 7.66. The monoisotopic (exact) mass is 532 g/mol. The molecule has 2 heterocycles. The van der Waals surface area contributed by atoms with Gasteiger partial charge in [-0.05, 0) is 77.9 Å². The van der Waals surface area contributed by atoms with E-state index in [9.17, 15) is 18.0 Å². The van der Waals surface area contributed by atoms with Gasteiger partial charge in [0.25, 0.3) is 5.91 Å². The highest BCUT2D eigenvalue weighted by molar-refractivity contribution is 5.94. The van der Waals surface area contributed by atoms with Crippen molar-refractivity contribution in [3.05, 3.63) is 106 Å². The topological polar surface area (TPSA) is 59.4 Å². The van der Waals surface area contributed by atoms with E-state index in [4.69, 9.17) is 5.26 Å². The summed E-state index contributed by atoms with van der Waals surface area (Å²) in [6, 6.07) is 21.2. The van der Waals surface area contributed by atoms with Crippen molar-refractivity contribution < 1.29 is 18.0 Å². The molecule has 0 bridgehead atoms. The van der Waals surface area contributed by atoms with Gasteiger partial charge in [-0.1, -0.05) is 30.3 Å². The zero-order valence-electron chi connectivity index (χ0n) is 21.7. The van der Waals surface area contributed by atoms with Crippen molar-refractivity contribution in [2.24, 2.45) is 0 Å². The Bertz CT molecular complexity index is 1340. The smallest absolute Gasteiger partial charge is 0.349 e. The molecular formula is C31H31F3N4O. The van der Waals surface area contributed by atoms with Crippen LogP contribution in [-0.2, 0) is 32.2 Å². The Hall–Kier alpha value is -3.67. The van der Waals surface area contributed by atoms with Gasteiger partial charge < -0.3 is 5.32 Å². The zero-order valence-corrected chi connectivity index (χ0v) is 21.7. The largest absolute Gasteiger partial charge is 0.416 e. The molecule has 39 heavy (non-hydrogen) atoms. The van der Waals surface area contributed by atoms with E-state index in [1.54, 1.807) is 0 Å². The van der Waals surface area contributed by atoms with Gasteiger partial charge in [-0.2, -0.15) is 18.4 Å². The molecule has 0 aromatic heterocycles. The number of likely N-dealkylation sites (tertiary alicyclic amines) is 1. The predicted molar refractivity (Wildman–Crippen MR) is 143 cm³/mol. The molecule has 3 aromatic carbocycles. The number of hydrogen-bond donors (Lipinski definition) is 1. The van der Waals surface area contributed by atoms with Crippen LogP contribution in [0.15, 0.2) is 66.7 Å². The maximum absolute atomic E-state index is 13.1. The normalized spacial score (nSPS) is 16.9. The number of nitrogens with zero attached hydrogens (tertiary/aromatic N) is 3. The van der Waals surface area contributed by atoms with E-state index in [2.05, 4.69) is 27.3 Å². The molecule has 5 rings (SSSR count). The number of halogens is 3. The summed E-state index contributed by atoms with van der Waals surface area (Å²) in [4.78, 5) is 17.6. The van der Waals surface area contributed by atoms with Gasteiger partial charge in [-0.15, -0.1) is 0 Å². The molecule has 1 N–H and O–H groups in total. The van der Waals surface area contributed by atoms with E-state index < -0.39 is 11.7 Å². The average Bonchev–Trinajstić information content (AvgIpc) is 2.94. The fourth-order valence-electron chi connectivity index (χ4n) is 5.40. The molecular weight excluding hydrogens is 501 g/mol. The van der Waals surface area contributed by atoms with Gasteiger partial charge in [0, 0.05) is 50.9 Å². The first-order valence-corrected chi connectivity index (χ1v) is 13.3. The molecule has 2 aliphatic heterocycles. The van der Waals surface area contributed by atoms with Gasteiger partial charge >= 0.3 is 6.18 Å². The first kappa shape index (κ1) is 26.9. The number of fused-ring (bicyclic) bond motifs is 1. The summed E-state index contributed by atoms with van der Waals surface area (Å²) in [7, 11) is 0. The number of nitriles is 1. The molecule has 0 radical (unpaired) electrons. The van der Waals surface area contributed by atoms with E-state index in [1.807, 2.05) is 36.4 Å². The Morgan fingerprint density at radius 1 is 0.872 bits per heavy atom. The lowest BCUT2D eigenvalue weighted by Gasteiger charge is -2.32. The van der Waals surface area contributed by atoms with Crippen molar-refractivity contribution in [1.29, 1.82) is 5.26 Å². The summed E-state index contributed by atoms with van der Waals surface area (Å²) in [6.07, 6.45) is -1.78. The second kappa shape index (κ2) is 11.6. The minimum absolute atomic E-state index is 0.0665. The SMILES string of the molecule is N#Cc1ccc(CN2CCc3ccc(C(=O)NC4CCN(Cc5ccc(C(F)(F)F)cc5)CC4)cc3C2)cc1. The lowest BCUT2D eigenvalue weighted by atomic mass is 9.96. The highest BCUT2D eigenvalue weighted by atomic mass is 19.4. The van der Waals surface area contributed by atoms with Crippen molar-refractivity contribution >= 4 is 5.91 Å². The molecule has 1 fully saturated rings. The Balaban J connectivity index is 1.12. The highest BCUT2D eigenvalue weighted by Gasteiger charge is 2.30. The quantitative estimate of drug-likeness (QED) is 0.454. The van der Waals surface area contributed by atoms with Crippen LogP contribution in [0.3, 0.4) is 0 Å². The van der Waals surface area contributed by atoms with Crippen LogP contribution in [0.25, 0.3) is 0 Å². The van der Waals surface area contributed by atoms with Crippen LogP contribution in [-0.4, -0.2) is 41.4 Å². The van der Waals surface area contributed by atoms with Crippen molar-refractivity contribution in [1.82, 2.24) is 15.1 Å². The van der Waals surface area contributed by atoms with Crippen LogP contribution in [0.5, 0.6) is 0 Å². The number of benzene rings is 3. The summed E-state index contributed by atoms with van der Waals surface area (Å²) in [6.45, 7) is 4.68. The van der Waals surface area contributed by atoms with Crippen LogP contribution in [0.4, 0.5) is 13.2 Å². The molecule has 202 valence electrons. The maximum atomic E-state index is 13.1. The molecule has 0 saturated carbocycles. The predicted octanol–water partition coefficient (Wildman–Crippen LogP) is 5.53. The second-order valence-electron chi connectivity index (χ2n) is 10.5. The summed E-state index contributed by atoms with van der Waals surface area (Å²) in [5.74, 6) is -0.0665. The fourth-order valence-corrected chi connectivity index (χ4v) is 5.40. The molecule has 0 atom stereocenters. The van der Waals surface area contributed by atoms with Crippen LogP contribution >= 0.6 is 0 Å². The summed E-state index contributed by atoms with van der Waals surface area (Å²) in [5, 5.41) is 12.2. The van der Waals surface area contributed by atoms with Crippen molar-refractivity contribution in [3.8, 4) is 6.07 Å². The third-order valence-corrected chi connectivity index (χ3v) is 7.66. The lowest BCUT2D eigenvalue weighted by molar-refractivity contribution is -0.137. The van der Waals surface area contributed by atoms with E-state index in [0.717, 1.165) is 75.2 Å². The fraction of sp³-hybridized carbons (Fsp3) is 0.355. The summed E-state index contributed by atoms with van der Waals surface area (Å²) in [5.41, 5.74) is 5.16. The molecule has 5 nitrogen and oxygen atoms in total. The number of carbonyl (C=O) groups excluding carboxylic acids is 1. The first-order valence-electron chi connectivity index (χ1n) is 13.3. The van der Waals surface area contributed by atoms with E-state index in [0.29, 0.717) is 17.7 Å². The maximum Gasteiger partial charge on any atom is 0.416 e. The van der Waals surface area contributed by atoms with Gasteiger partial charge in [0.1, 0.15) is 0 Å². The Morgan fingerprint density at radius 3 is 2.15 bits per heavy atom. The lowest BCUT2D eigenvalue weighted by Crippen LogP contribution is -2.44. The van der Waals surface area contributed by atoms with Crippen molar-refractivity contribution in [2.45, 2.75) is 51.1 Å². The van der Waals surface area contributed by atoms with Gasteiger partial charge in [-0.3, -0.25) is 14.6 Å². The average molecular weight is 533 g/mol. The van der Waals surface area contributed by atoms with Crippen LogP contribution in [0.2, 0.25) is 0 Å². The number of nitrogens with one attached hydrogen (secondary N) is 1. The molecule has 0 unspecified atom stereocenters. The Kier molecular flexibility index (Phi) is 8.01. The van der Waals surface area contributed by atoms with Gasteiger partial charge in [0.05, 0.1) is 17.2 Å². The third kappa shape index (κ3) is 6.86. The van der Waals surface area contributed by atoms with Gasteiger partial charge in [0.15, 0.2) is 0 Å². The number of piperidine rings is 1. The molecule has 1 amide bonds. The highest BCUT2D eigenvalue weighted by Crippen LogP contribution is 2.29.